The van der Waals surface area contributed by atoms with Gasteiger partial charge in [-0.3, -0.25) is 0 Å². The summed E-state index contributed by atoms with van der Waals surface area (Å²) in [4.78, 5) is 14.3. The van der Waals surface area contributed by atoms with Gasteiger partial charge in [0.15, 0.2) is 0 Å². The molecule has 1 fully saturated rings. The lowest BCUT2D eigenvalue weighted by Gasteiger charge is -2.21. The summed E-state index contributed by atoms with van der Waals surface area (Å²) in [5.41, 5.74) is 6.40. The molecule has 5 heteroatoms. The van der Waals surface area contributed by atoms with Crippen molar-refractivity contribution in [3.63, 3.8) is 0 Å². The van der Waals surface area contributed by atoms with Gasteiger partial charge in [0.05, 0.1) is 11.8 Å². The molecule has 2 heterocycles. The molecule has 0 aliphatic carbocycles. The molecule has 5 nitrogen and oxygen atoms in total. The van der Waals surface area contributed by atoms with E-state index in [4.69, 9.17) is 15.2 Å². The zero-order valence-corrected chi connectivity index (χ0v) is 9.07. The number of aromatic amines is 1. The number of esters is 1. The number of nitrogen functional groups attached to an aromatic ring is 1. The number of nitrogens with two attached hydrogens (primary N) is 1. The summed E-state index contributed by atoms with van der Waals surface area (Å²) in [6, 6.07) is 1.56. The predicted molar refractivity (Wildman–Crippen MR) is 59.1 cm³/mol. The smallest absolute Gasteiger partial charge is 0.354 e. The SMILES string of the molecule is Nc1c[nH]c(C(=O)OCC2CCCCO2)c1. The van der Waals surface area contributed by atoms with Crippen LogP contribution in [-0.4, -0.2) is 30.3 Å². The van der Waals surface area contributed by atoms with E-state index in [-0.39, 0.29) is 12.1 Å². The molecule has 2 rings (SSSR count). The average molecular weight is 224 g/mol. The lowest BCUT2D eigenvalue weighted by atomic mass is 10.1. The van der Waals surface area contributed by atoms with Crippen LogP contribution in [0.5, 0.6) is 0 Å². The summed E-state index contributed by atoms with van der Waals surface area (Å²) in [5.74, 6) is -0.383. The van der Waals surface area contributed by atoms with Crippen molar-refractivity contribution >= 4 is 11.7 Å². The molecular formula is C11H16N2O3. The Kier molecular flexibility index (Phi) is 3.46. The van der Waals surface area contributed by atoms with Crippen LogP contribution in [0.2, 0.25) is 0 Å². The molecule has 0 radical (unpaired) electrons. The molecule has 0 saturated carbocycles. The first-order chi connectivity index (χ1) is 7.75. The van der Waals surface area contributed by atoms with Crippen molar-refractivity contribution in [2.24, 2.45) is 0 Å². The minimum absolute atomic E-state index is 0.0463. The maximum atomic E-state index is 11.5. The van der Waals surface area contributed by atoms with Crippen molar-refractivity contribution < 1.29 is 14.3 Å². The topological polar surface area (TPSA) is 77.3 Å². The first kappa shape index (κ1) is 11.0. The van der Waals surface area contributed by atoms with Crippen LogP contribution >= 0.6 is 0 Å². The second-order valence-electron chi connectivity index (χ2n) is 3.93. The maximum absolute atomic E-state index is 11.5. The highest BCUT2D eigenvalue weighted by Crippen LogP contribution is 2.13. The molecule has 1 atom stereocenters. The summed E-state index contributed by atoms with van der Waals surface area (Å²) in [7, 11) is 0. The molecular weight excluding hydrogens is 208 g/mol. The molecule has 88 valence electrons. The van der Waals surface area contributed by atoms with Crippen molar-refractivity contribution in [1.29, 1.82) is 0 Å². The van der Waals surface area contributed by atoms with Crippen LogP contribution in [0.3, 0.4) is 0 Å². The minimum Gasteiger partial charge on any atom is -0.458 e. The van der Waals surface area contributed by atoms with Gasteiger partial charge >= 0.3 is 5.97 Å². The monoisotopic (exact) mass is 224 g/mol. The average Bonchev–Trinajstić information content (AvgIpc) is 2.74. The Labute approximate surface area is 93.9 Å². The van der Waals surface area contributed by atoms with Crippen molar-refractivity contribution in [1.82, 2.24) is 4.98 Å². The molecule has 1 saturated heterocycles. The van der Waals surface area contributed by atoms with Crippen LogP contribution < -0.4 is 5.73 Å². The minimum atomic E-state index is -0.383. The van der Waals surface area contributed by atoms with E-state index in [0.29, 0.717) is 18.0 Å². The number of hydrogen-bond donors (Lipinski definition) is 2. The quantitative estimate of drug-likeness (QED) is 0.759. The third-order valence-electron chi connectivity index (χ3n) is 2.60. The van der Waals surface area contributed by atoms with E-state index in [1.54, 1.807) is 12.3 Å². The number of hydrogen-bond acceptors (Lipinski definition) is 4. The van der Waals surface area contributed by atoms with Gasteiger partial charge < -0.3 is 20.2 Å². The zero-order chi connectivity index (χ0) is 11.4. The molecule has 16 heavy (non-hydrogen) atoms. The Bertz CT molecular complexity index is 356. The summed E-state index contributed by atoms with van der Waals surface area (Å²) < 4.78 is 10.6. The first-order valence-corrected chi connectivity index (χ1v) is 5.48. The van der Waals surface area contributed by atoms with E-state index in [2.05, 4.69) is 4.98 Å². The van der Waals surface area contributed by atoms with Crippen LogP contribution in [0.1, 0.15) is 29.8 Å². The van der Waals surface area contributed by atoms with Crippen molar-refractivity contribution in [2.45, 2.75) is 25.4 Å². The second-order valence-corrected chi connectivity index (χ2v) is 3.93. The fraction of sp³-hybridized carbons (Fsp3) is 0.545. The number of anilines is 1. The van der Waals surface area contributed by atoms with E-state index >= 15 is 0 Å². The van der Waals surface area contributed by atoms with Gasteiger partial charge in [0, 0.05) is 12.8 Å². The van der Waals surface area contributed by atoms with Crippen molar-refractivity contribution in [3.8, 4) is 0 Å². The van der Waals surface area contributed by atoms with Crippen LogP contribution in [-0.2, 0) is 9.47 Å². The van der Waals surface area contributed by atoms with E-state index in [9.17, 15) is 4.79 Å². The molecule has 1 aliphatic rings. The number of aromatic nitrogens is 1. The summed E-state index contributed by atoms with van der Waals surface area (Å²) in [5, 5.41) is 0. The largest absolute Gasteiger partial charge is 0.458 e. The molecule has 3 N–H and O–H groups in total. The van der Waals surface area contributed by atoms with Gasteiger partial charge in [-0.25, -0.2) is 4.79 Å². The molecule has 1 unspecified atom stereocenters. The second kappa shape index (κ2) is 5.03. The lowest BCUT2D eigenvalue weighted by molar-refractivity contribution is -0.0302. The predicted octanol–water partition coefficient (Wildman–Crippen LogP) is 1.32. The molecule has 0 amide bonds. The van der Waals surface area contributed by atoms with Crippen molar-refractivity contribution in [2.75, 3.05) is 18.9 Å². The molecule has 0 bridgehead atoms. The van der Waals surface area contributed by atoms with Crippen LogP contribution in [0.25, 0.3) is 0 Å². The highest BCUT2D eigenvalue weighted by molar-refractivity contribution is 5.88. The Morgan fingerprint density at radius 3 is 3.12 bits per heavy atom. The third kappa shape index (κ3) is 2.76. The van der Waals surface area contributed by atoms with Crippen LogP contribution in [0, 0.1) is 0 Å². The van der Waals surface area contributed by atoms with E-state index in [1.807, 2.05) is 0 Å². The molecule has 1 aromatic rings. The van der Waals surface area contributed by atoms with Gasteiger partial charge in [0.25, 0.3) is 0 Å². The van der Waals surface area contributed by atoms with Gasteiger partial charge in [-0.1, -0.05) is 0 Å². The molecule has 1 aliphatic heterocycles. The summed E-state index contributed by atoms with van der Waals surface area (Å²) in [6.45, 7) is 1.08. The Morgan fingerprint density at radius 2 is 2.50 bits per heavy atom. The fourth-order valence-corrected chi connectivity index (χ4v) is 1.71. The van der Waals surface area contributed by atoms with Gasteiger partial charge in [-0.05, 0) is 25.3 Å². The number of carbonyl (C=O) groups is 1. The first-order valence-electron chi connectivity index (χ1n) is 5.48. The fourth-order valence-electron chi connectivity index (χ4n) is 1.71. The Balaban J connectivity index is 1.79. The van der Waals surface area contributed by atoms with Gasteiger partial charge in [-0.2, -0.15) is 0 Å². The van der Waals surface area contributed by atoms with Crippen LogP contribution in [0.15, 0.2) is 12.3 Å². The number of ether oxygens (including phenoxy) is 2. The summed E-state index contributed by atoms with van der Waals surface area (Å²) >= 11 is 0. The number of nitrogens with one attached hydrogen (secondary N) is 1. The van der Waals surface area contributed by atoms with Gasteiger partial charge in [-0.15, -0.1) is 0 Å². The highest BCUT2D eigenvalue weighted by atomic mass is 16.6. The van der Waals surface area contributed by atoms with Gasteiger partial charge in [0.2, 0.25) is 0 Å². The molecule has 0 aromatic carbocycles. The number of H-pyrrole nitrogens is 1. The van der Waals surface area contributed by atoms with Crippen LogP contribution in [0.4, 0.5) is 5.69 Å². The highest BCUT2D eigenvalue weighted by Gasteiger charge is 2.17. The van der Waals surface area contributed by atoms with Crippen molar-refractivity contribution in [3.05, 3.63) is 18.0 Å². The normalized spacial score (nSPS) is 20.6. The van der Waals surface area contributed by atoms with E-state index in [0.717, 1.165) is 25.9 Å². The zero-order valence-electron chi connectivity index (χ0n) is 9.07. The molecule has 0 spiro atoms. The Morgan fingerprint density at radius 1 is 1.62 bits per heavy atom. The number of rotatable bonds is 3. The van der Waals surface area contributed by atoms with E-state index < -0.39 is 0 Å². The molecule has 1 aromatic heterocycles. The maximum Gasteiger partial charge on any atom is 0.354 e. The Hall–Kier alpha value is -1.49. The standard InChI is InChI=1S/C11H16N2O3/c12-8-5-10(13-6-8)11(14)16-7-9-3-1-2-4-15-9/h5-6,9,13H,1-4,7,12H2. The third-order valence-corrected chi connectivity index (χ3v) is 2.60. The van der Waals surface area contributed by atoms with Gasteiger partial charge in [0.1, 0.15) is 12.3 Å². The number of carbonyl (C=O) groups excluding carboxylic acids is 1. The summed E-state index contributed by atoms with van der Waals surface area (Å²) in [6.07, 6.45) is 4.80. The van der Waals surface area contributed by atoms with E-state index in [1.165, 1.54) is 0 Å². The lowest BCUT2D eigenvalue weighted by Crippen LogP contribution is -2.26.